The maximum atomic E-state index is 10.8. The van der Waals surface area contributed by atoms with Crippen LogP contribution in [0.4, 0.5) is 0 Å². The summed E-state index contributed by atoms with van der Waals surface area (Å²) >= 11 is 0. The van der Waals surface area contributed by atoms with Crippen LogP contribution >= 0.6 is 0 Å². The van der Waals surface area contributed by atoms with Gasteiger partial charge in [0.25, 0.3) is 0 Å². The molecule has 4 heteroatoms. The Morgan fingerprint density at radius 1 is 1.42 bits per heavy atom. The number of hydrogen-bond donors (Lipinski definition) is 0. The predicted molar refractivity (Wildman–Crippen MR) is 42.1 cm³/mol. The van der Waals surface area contributed by atoms with E-state index in [-0.39, 0.29) is 5.76 Å². The lowest BCUT2D eigenvalue weighted by Crippen LogP contribution is -2.10. The van der Waals surface area contributed by atoms with Crippen LogP contribution < -0.4 is 0 Å². The Hall–Kier alpha value is -1.58. The highest BCUT2D eigenvalue weighted by molar-refractivity contribution is 5.89. The Labute approximate surface area is 70.5 Å². The number of hydrogen-bond acceptors (Lipinski definition) is 4. The first-order chi connectivity index (χ1) is 5.61. The summed E-state index contributed by atoms with van der Waals surface area (Å²) in [4.78, 5) is 21.3. The van der Waals surface area contributed by atoms with Gasteiger partial charge in [-0.15, -0.1) is 0 Å². The highest BCUT2D eigenvalue weighted by Gasteiger charge is 2.11. The van der Waals surface area contributed by atoms with Crippen LogP contribution in [0.1, 0.15) is 6.92 Å². The van der Waals surface area contributed by atoms with E-state index < -0.39 is 11.9 Å². The van der Waals surface area contributed by atoms with Crippen LogP contribution in [-0.4, -0.2) is 19.0 Å². The van der Waals surface area contributed by atoms with E-state index in [9.17, 15) is 9.59 Å². The van der Waals surface area contributed by atoms with Crippen molar-refractivity contribution in [1.82, 2.24) is 0 Å². The van der Waals surface area contributed by atoms with Crippen molar-refractivity contribution in [2.75, 3.05) is 7.11 Å². The minimum absolute atomic E-state index is 0.167. The zero-order chi connectivity index (χ0) is 9.56. The third-order valence-corrected chi connectivity index (χ3v) is 0.909. The van der Waals surface area contributed by atoms with E-state index in [0.717, 1.165) is 0 Å². The number of carbonyl (C=O) groups excluding carboxylic acids is 2. The molecule has 0 aliphatic rings. The van der Waals surface area contributed by atoms with Gasteiger partial charge in [-0.25, -0.2) is 4.79 Å². The summed E-state index contributed by atoms with van der Waals surface area (Å²) in [6.07, 6.45) is 2.59. The van der Waals surface area contributed by atoms with Crippen molar-refractivity contribution in [2.45, 2.75) is 6.92 Å². The molecule has 0 fully saturated rings. The molecule has 0 heterocycles. The molecule has 0 N–H and O–H groups in total. The molecule has 0 amide bonds. The van der Waals surface area contributed by atoms with Gasteiger partial charge in [0, 0.05) is 6.92 Å². The van der Waals surface area contributed by atoms with E-state index in [2.05, 4.69) is 16.1 Å². The van der Waals surface area contributed by atoms with Crippen LogP contribution in [0.2, 0.25) is 0 Å². The monoisotopic (exact) mass is 170 g/mol. The molecule has 0 saturated carbocycles. The highest BCUT2D eigenvalue weighted by atomic mass is 16.6. The molecule has 0 aromatic heterocycles. The second-order valence-corrected chi connectivity index (χ2v) is 1.85. The second-order valence-electron chi connectivity index (χ2n) is 1.85. The fourth-order valence-electron chi connectivity index (χ4n) is 0.506. The van der Waals surface area contributed by atoms with Crippen molar-refractivity contribution in [3.8, 4) is 0 Å². The van der Waals surface area contributed by atoms with Gasteiger partial charge in [-0.1, -0.05) is 12.7 Å². The Morgan fingerprint density at radius 2 is 2.00 bits per heavy atom. The van der Waals surface area contributed by atoms with Gasteiger partial charge in [-0.3, -0.25) is 4.79 Å². The molecule has 0 radical (unpaired) electrons. The standard InChI is InChI=1S/C8H10O4/c1-4-5-7(8(10)11-3)12-6(2)9/h4-5H,1H2,2-3H3/b7-5-. The van der Waals surface area contributed by atoms with Crippen LogP contribution in [0.25, 0.3) is 0 Å². The average molecular weight is 170 g/mol. The molecular formula is C8H10O4. The molecule has 0 aliphatic heterocycles. The van der Waals surface area contributed by atoms with Crippen molar-refractivity contribution in [3.05, 3.63) is 24.5 Å². The Morgan fingerprint density at radius 3 is 2.33 bits per heavy atom. The second kappa shape index (κ2) is 5.12. The number of carbonyl (C=O) groups is 2. The molecule has 0 unspecified atom stereocenters. The van der Waals surface area contributed by atoms with E-state index >= 15 is 0 Å². The molecule has 0 aromatic rings. The molecular weight excluding hydrogens is 160 g/mol. The average Bonchev–Trinajstić information content (AvgIpc) is 2.01. The maximum Gasteiger partial charge on any atom is 0.374 e. The van der Waals surface area contributed by atoms with Gasteiger partial charge in [0.05, 0.1) is 7.11 Å². The van der Waals surface area contributed by atoms with Crippen LogP contribution in [0, 0.1) is 0 Å². The van der Waals surface area contributed by atoms with Crippen LogP contribution in [0.5, 0.6) is 0 Å². The highest BCUT2D eigenvalue weighted by Crippen LogP contribution is 2.00. The first kappa shape index (κ1) is 10.4. The Balaban J connectivity index is 4.44. The first-order valence-corrected chi connectivity index (χ1v) is 3.21. The predicted octanol–water partition coefficient (Wildman–Crippen LogP) is 0.792. The summed E-state index contributed by atoms with van der Waals surface area (Å²) < 4.78 is 8.85. The van der Waals surface area contributed by atoms with E-state index in [1.165, 1.54) is 26.2 Å². The lowest BCUT2D eigenvalue weighted by molar-refractivity contribution is -0.148. The van der Waals surface area contributed by atoms with Crippen LogP contribution in [-0.2, 0) is 19.1 Å². The summed E-state index contributed by atoms with van der Waals surface area (Å²) in [5.41, 5.74) is 0. The number of allylic oxidation sites excluding steroid dienone is 2. The quantitative estimate of drug-likeness (QED) is 0.272. The number of methoxy groups -OCH3 is 1. The molecule has 66 valence electrons. The molecule has 12 heavy (non-hydrogen) atoms. The lowest BCUT2D eigenvalue weighted by Gasteiger charge is -2.02. The summed E-state index contributed by atoms with van der Waals surface area (Å²) in [6.45, 7) is 4.54. The van der Waals surface area contributed by atoms with Crippen molar-refractivity contribution < 1.29 is 19.1 Å². The van der Waals surface area contributed by atoms with Crippen LogP contribution in [0.15, 0.2) is 24.5 Å². The molecule has 0 bridgehead atoms. The summed E-state index contributed by atoms with van der Waals surface area (Å²) in [5, 5.41) is 0. The Kier molecular flexibility index (Phi) is 4.45. The minimum atomic E-state index is -0.704. The number of rotatable bonds is 3. The molecule has 0 aromatic carbocycles. The SMILES string of the molecule is C=C/C=C(\OC(C)=O)C(=O)OC. The normalized spacial score (nSPS) is 10.3. The van der Waals surface area contributed by atoms with E-state index in [1.807, 2.05) is 0 Å². The molecule has 0 atom stereocenters. The lowest BCUT2D eigenvalue weighted by atomic mass is 10.4. The van der Waals surface area contributed by atoms with Gasteiger partial charge in [0.1, 0.15) is 0 Å². The minimum Gasteiger partial charge on any atom is -0.463 e. The van der Waals surface area contributed by atoms with Gasteiger partial charge in [0.15, 0.2) is 0 Å². The van der Waals surface area contributed by atoms with E-state index in [1.54, 1.807) is 0 Å². The molecule has 0 saturated heterocycles. The van der Waals surface area contributed by atoms with Crippen molar-refractivity contribution in [1.29, 1.82) is 0 Å². The third-order valence-electron chi connectivity index (χ3n) is 0.909. The molecule has 0 spiro atoms. The number of esters is 2. The fourth-order valence-corrected chi connectivity index (χ4v) is 0.506. The van der Waals surface area contributed by atoms with Gasteiger partial charge in [-0.2, -0.15) is 0 Å². The molecule has 0 aliphatic carbocycles. The number of ether oxygens (including phenoxy) is 2. The largest absolute Gasteiger partial charge is 0.463 e. The first-order valence-electron chi connectivity index (χ1n) is 3.21. The van der Waals surface area contributed by atoms with Gasteiger partial charge in [-0.05, 0) is 6.08 Å². The van der Waals surface area contributed by atoms with Gasteiger partial charge >= 0.3 is 11.9 Å². The van der Waals surface area contributed by atoms with Crippen molar-refractivity contribution in [2.24, 2.45) is 0 Å². The van der Waals surface area contributed by atoms with Crippen molar-refractivity contribution in [3.63, 3.8) is 0 Å². The molecule has 0 rings (SSSR count). The maximum absolute atomic E-state index is 10.8. The molecule has 4 nitrogen and oxygen atoms in total. The van der Waals surface area contributed by atoms with Gasteiger partial charge in [0.2, 0.25) is 5.76 Å². The topological polar surface area (TPSA) is 52.6 Å². The van der Waals surface area contributed by atoms with E-state index in [0.29, 0.717) is 0 Å². The fraction of sp³-hybridized carbons (Fsp3) is 0.250. The summed E-state index contributed by atoms with van der Waals surface area (Å²) in [6, 6.07) is 0. The van der Waals surface area contributed by atoms with E-state index in [4.69, 9.17) is 0 Å². The van der Waals surface area contributed by atoms with Crippen molar-refractivity contribution >= 4 is 11.9 Å². The van der Waals surface area contributed by atoms with Gasteiger partial charge < -0.3 is 9.47 Å². The smallest absolute Gasteiger partial charge is 0.374 e. The Bertz CT molecular complexity index is 227. The zero-order valence-electron chi connectivity index (χ0n) is 6.99. The summed E-state index contributed by atoms with van der Waals surface area (Å²) in [7, 11) is 1.20. The zero-order valence-corrected chi connectivity index (χ0v) is 6.99. The van der Waals surface area contributed by atoms with Crippen LogP contribution in [0.3, 0.4) is 0 Å². The summed E-state index contributed by atoms with van der Waals surface area (Å²) in [5.74, 6) is -1.45. The third kappa shape index (κ3) is 3.55.